The van der Waals surface area contributed by atoms with Gasteiger partial charge in [-0.3, -0.25) is 0 Å². The molecule has 2 heterocycles. The Labute approximate surface area is 137 Å². The van der Waals surface area contributed by atoms with E-state index in [1.807, 2.05) is 43.9 Å². The van der Waals surface area contributed by atoms with Crippen LogP contribution >= 0.6 is 0 Å². The molecule has 2 atom stereocenters. The summed E-state index contributed by atoms with van der Waals surface area (Å²) in [4.78, 5) is 16.5. The molecule has 0 radical (unpaired) electrons. The van der Waals surface area contributed by atoms with Gasteiger partial charge in [0.15, 0.2) is 0 Å². The zero-order chi connectivity index (χ0) is 16.8. The van der Waals surface area contributed by atoms with Gasteiger partial charge in [0.1, 0.15) is 5.60 Å². The third-order valence-electron chi connectivity index (χ3n) is 4.38. The number of hydrogen-bond donors (Lipinski definition) is 0. The molecule has 2 aliphatic rings. The Kier molecular flexibility index (Phi) is 3.71. The zero-order valence-corrected chi connectivity index (χ0v) is 14.2. The fraction of sp³-hybridized carbons (Fsp3) is 0.556. The van der Waals surface area contributed by atoms with E-state index in [-0.39, 0.29) is 18.2 Å². The molecular formula is C18H23N3O2. The highest BCUT2D eigenvalue weighted by atomic mass is 16.6. The number of piperazine rings is 1. The molecule has 0 spiro atoms. The molecule has 0 N–H and O–H groups in total. The van der Waals surface area contributed by atoms with Gasteiger partial charge in [-0.15, -0.1) is 0 Å². The van der Waals surface area contributed by atoms with E-state index >= 15 is 0 Å². The molecule has 0 aromatic heterocycles. The van der Waals surface area contributed by atoms with Gasteiger partial charge >= 0.3 is 6.09 Å². The molecule has 1 aromatic carbocycles. The minimum atomic E-state index is -0.474. The van der Waals surface area contributed by atoms with Gasteiger partial charge in [-0.25, -0.2) is 4.79 Å². The van der Waals surface area contributed by atoms with E-state index in [2.05, 4.69) is 17.9 Å². The SMILES string of the molecule is C[C@@H]1CN(C(=O)OC(C)(C)C)C[C@H]2Cc3ccc(C#N)cc3N21. The maximum absolute atomic E-state index is 12.4. The van der Waals surface area contributed by atoms with E-state index in [9.17, 15) is 4.79 Å². The Morgan fingerprint density at radius 2 is 2.09 bits per heavy atom. The van der Waals surface area contributed by atoms with E-state index in [1.165, 1.54) is 5.56 Å². The number of carbonyl (C=O) groups excluding carboxylic acids is 1. The maximum Gasteiger partial charge on any atom is 0.410 e. The van der Waals surface area contributed by atoms with E-state index in [1.54, 1.807) is 0 Å². The van der Waals surface area contributed by atoms with Gasteiger partial charge in [0, 0.05) is 24.8 Å². The number of nitrogens with zero attached hydrogens (tertiary/aromatic N) is 3. The zero-order valence-electron chi connectivity index (χ0n) is 14.2. The third kappa shape index (κ3) is 2.98. The average Bonchev–Trinajstić information content (AvgIpc) is 2.83. The smallest absolute Gasteiger partial charge is 0.410 e. The van der Waals surface area contributed by atoms with Crippen LogP contribution in [0.2, 0.25) is 0 Å². The first-order valence-corrected chi connectivity index (χ1v) is 8.08. The molecule has 5 nitrogen and oxygen atoms in total. The molecule has 0 unspecified atom stereocenters. The van der Waals surface area contributed by atoms with Crippen LogP contribution in [-0.2, 0) is 11.2 Å². The Hall–Kier alpha value is -2.22. The lowest BCUT2D eigenvalue weighted by Crippen LogP contribution is -2.58. The number of anilines is 1. The number of nitriles is 1. The van der Waals surface area contributed by atoms with E-state index in [4.69, 9.17) is 10.00 Å². The second-order valence-corrected chi connectivity index (χ2v) is 7.45. The summed E-state index contributed by atoms with van der Waals surface area (Å²) < 4.78 is 5.51. The van der Waals surface area contributed by atoms with Gasteiger partial charge in [-0.1, -0.05) is 6.07 Å². The lowest BCUT2D eigenvalue weighted by atomic mass is 10.1. The van der Waals surface area contributed by atoms with Gasteiger partial charge in [0.05, 0.1) is 17.7 Å². The lowest BCUT2D eigenvalue weighted by molar-refractivity contribution is 0.0192. The number of carbonyl (C=O) groups is 1. The van der Waals surface area contributed by atoms with Crippen LogP contribution in [0.3, 0.4) is 0 Å². The molecule has 0 aliphatic carbocycles. The minimum Gasteiger partial charge on any atom is -0.444 e. The maximum atomic E-state index is 12.4. The van der Waals surface area contributed by atoms with Crippen molar-refractivity contribution in [3.05, 3.63) is 29.3 Å². The van der Waals surface area contributed by atoms with Gasteiger partial charge in [-0.2, -0.15) is 5.26 Å². The van der Waals surface area contributed by atoms with Crippen molar-refractivity contribution in [3.8, 4) is 6.07 Å². The summed E-state index contributed by atoms with van der Waals surface area (Å²) in [6.45, 7) is 9.09. The highest BCUT2D eigenvalue weighted by Crippen LogP contribution is 2.37. The number of amides is 1. The van der Waals surface area contributed by atoms with Gasteiger partial charge in [0.25, 0.3) is 0 Å². The molecule has 5 heteroatoms. The first-order valence-electron chi connectivity index (χ1n) is 8.08. The Morgan fingerprint density at radius 1 is 1.35 bits per heavy atom. The highest BCUT2D eigenvalue weighted by molar-refractivity contribution is 5.70. The highest BCUT2D eigenvalue weighted by Gasteiger charge is 2.40. The van der Waals surface area contributed by atoms with Crippen molar-refractivity contribution in [2.24, 2.45) is 0 Å². The fourth-order valence-electron chi connectivity index (χ4n) is 3.56. The first kappa shape index (κ1) is 15.7. The molecule has 1 saturated heterocycles. The van der Waals surface area contributed by atoms with Gasteiger partial charge in [0.2, 0.25) is 0 Å². The monoisotopic (exact) mass is 313 g/mol. The molecular weight excluding hydrogens is 290 g/mol. The summed E-state index contributed by atoms with van der Waals surface area (Å²) in [7, 11) is 0. The number of hydrogen-bond acceptors (Lipinski definition) is 4. The van der Waals surface area contributed by atoms with E-state index in [0.717, 1.165) is 12.1 Å². The van der Waals surface area contributed by atoms with Crippen molar-refractivity contribution < 1.29 is 9.53 Å². The quantitative estimate of drug-likeness (QED) is 0.739. The normalized spacial score (nSPS) is 23.1. The summed E-state index contributed by atoms with van der Waals surface area (Å²) in [5.41, 5.74) is 2.61. The second kappa shape index (κ2) is 5.45. The first-order chi connectivity index (χ1) is 10.8. The molecule has 2 aliphatic heterocycles. The molecule has 122 valence electrons. The van der Waals surface area contributed by atoms with Crippen LogP contribution in [0.15, 0.2) is 18.2 Å². The van der Waals surface area contributed by atoms with Crippen LogP contribution in [0, 0.1) is 11.3 Å². The van der Waals surface area contributed by atoms with Crippen LogP contribution in [0.25, 0.3) is 0 Å². The molecule has 3 rings (SSSR count). The topological polar surface area (TPSA) is 56.6 Å². The minimum absolute atomic E-state index is 0.205. The lowest BCUT2D eigenvalue weighted by Gasteiger charge is -2.43. The number of benzene rings is 1. The molecule has 1 aromatic rings. The van der Waals surface area contributed by atoms with Crippen LogP contribution in [0.1, 0.15) is 38.8 Å². The van der Waals surface area contributed by atoms with Crippen molar-refractivity contribution in [2.45, 2.75) is 51.8 Å². The van der Waals surface area contributed by atoms with Crippen LogP contribution < -0.4 is 4.90 Å². The van der Waals surface area contributed by atoms with Crippen molar-refractivity contribution in [1.29, 1.82) is 5.26 Å². The number of ether oxygens (including phenoxy) is 1. The summed E-state index contributed by atoms with van der Waals surface area (Å²) in [5, 5.41) is 9.12. The van der Waals surface area contributed by atoms with Gasteiger partial charge < -0.3 is 14.5 Å². The summed E-state index contributed by atoms with van der Waals surface area (Å²) in [5.74, 6) is 0. The summed E-state index contributed by atoms with van der Waals surface area (Å²) >= 11 is 0. The average molecular weight is 313 g/mol. The Balaban J connectivity index is 1.79. The molecule has 0 saturated carbocycles. The summed E-state index contributed by atoms with van der Waals surface area (Å²) in [6.07, 6.45) is 0.669. The van der Waals surface area contributed by atoms with E-state index < -0.39 is 5.60 Å². The molecule has 0 bridgehead atoms. The number of rotatable bonds is 0. The molecule has 1 amide bonds. The predicted molar refractivity (Wildman–Crippen MR) is 88.4 cm³/mol. The number of fused-ring (bicyclic) bond motifs is 3. The van der Waals surface area contributed by atoms with Gasteiger partial charge in [-0.05, 0) is 51.8 Å². The Morgan fingerprint density at radius 3 is 2.74 bits per heavy atom. The third-order valence-corrected chi connectivity index (χ3v) is 4.38. The van der Waals surface area contributed by atoms with Crippen molar-refractivity contribution in [1.82, 2.24) is 4.90 Å². The predicted octanol–water partition coefficient (Wildman–Crippen LogP) is 2.93. The van der Waals surface area contributed by atoms with Crippen LogP contribution in [0.4, 0.5) is 10.5 Å². The molecule has 1 fully saturated rings. The van der Waals surface area contributed by atoms with Crippen LogP contribution in [-0.4, -0.2) is 41.8 Å². The second-order valence-electron chi connectivity index (χ2n) is 7.45. The van der Waals surface area contributed by atoms with E-state index in [0.29, 0.717) is 18.7 Å². The largest absolute Gasteiger partial charge is 0.444 e. The van der Waals surface area contributed by atoms with Crippen LogP contribution in [0.5, 0.6) is 0 Å². The standard InChI is InChI=1S/C18H23N3O2/c1-12-10-20(17(22)23-18(2,3)4)11-15-8-14-6-5-13(9-19)7-16(14)21(12)15/h5-7,12,15H,8,10-11H2,1-4H3/t12-,15-/m1/s1. The van der Waals surface area contributed by atoms with Crippen molar-refractivity contribution >= 4 is 11.8 Å². The summed E-state index contributed by atoms with van der Waals surface area (Å²) in [6, 6.07) is 8.55. The Bertz CT molecular complexity index is 672. The molecule has 23 heavy (non-hydrogen) atoms. The van der Waals surface area contributed by atoms with Crippen molar-refractivity contribution in [3.63, 3.8) is 0 Å². The van der Waals surface area contributed by atoms with Crippen molar-refractivity contribution in [2.75, 3.05) is 18.0 Å². The fourth-order valence-corrected chi connectivity index (χ4v) is 3.56.